The summed E-state index contributed by atoms with van der Waals surface area (Å²) in [6.07, 6.45) is 17.1. The van der Waals surface area contributed by atoms with E-state index >= 15 is 0 Å². The second-order valence-corrected chi connectivity index (χ2v) is 29.2. The van der Waals surface area contributed by atoms with E-state index in [9.17, 15) is 0 Å². The fourth-order valence-corrected chi connectivity index (χ4v) is 21.3. The molecule has 0 radical (unpaired) electrons. The summed E-state index contributed by atoms with van der Waals surface area (Å²) >= 11 is 1.97. The molecule has 2 aromatic heterocycles. The Labute approximate surface area is 462 Å². The average Bonchev–Trinajstić information content (AvgIpc) is 3.09. The van der Waals surface area contributed by atoms with Crippen LogP contribution in [0.2, 0.25) is 0 Å². The third kappa shape index (κ3) is 5.91. The molecular formula is C74H65BN2S. The van der Waals surface area contributed by atoms with E-state index in [-0.39, 0.29) is 17.7 Å². The number of benzene rings is 9. The topological polar surface area (TPSA) is 8.17 Å². The van der Waals surface area contributed by atoms with Crippen molar-refractivity contribution >= 4 is 110 Å². The van der Waals surface area contributed by atoms with E-state index in [2.05, 4.69) is 188 Å². The van der Waals surface area contributed by atoms with Gasteiger partial charge in [-0.2, -0.15) is 0 Å². The average molecular weight is 1030 g/mol. The third-order valence-electron chi connectivity index (χ3n) is 22.5. The zero-order valence-electron chi connectivity index (χ0n) is 45.3. The molecule has 4 heterocycles. The largest absolute Gasteiger partial charge is 0.375 e. The van der Waals surface area contributed by atoms with Crippen LogP contribution in [0.1, 0.15) is 115 Å². The Morgan fingerprint density at radius 2 is 1.12 bits per heavy atom. The number of nitrogens with zero attached hydrogens (tertiary/aromatic N) is 2. The first-order valence-corrected chi connectivity index (χ1v) is 31.0. The molecule has 2 aliphatic heterocycles. The summed E-state index contributed by atoms with van der Waals surface area (Å²) in [6, 6.07) is 63.7. The van der Waals surface area contributed by atoms with Crippen molar-refractivity contribution in [3.63, 3.8) is 0 Å². The van der Waals surface area contributed by atoms with Crippen molar-refractivity contribution in [2.24, 2.45) is 35.5 Å². The fourth-order valence-electron chi connectivity index (χ4n) is 20.2. The Kier molecular flexibility index (Phi) is 8.62. The second kappa shape index (κ2) is 15.2. The molecule has 10 aliphatic rings. The van der Waals surface area contributed by atoms with Crippen LogP contribution in [0.5, 0.6) is 0 Å². The minimum Gasteiger partial charge on any atom is -0.375 e. The lowest BCUT2D eigenvalue weighted by Crippen LogP contribution is -2.56. The van der Waals surface area contributed by atoms with Gasteiger partial charge in [0.1, 0.15) is 0 Å². The third-order valence-corrected chi connectivity index (χ3v) is 23.6. The van der Waals surface area contributed by atoms with E-state index in [4.69, 9.17) is 0 Å². The summed E-state index contributed by atoms with van der Waals surface area (Å²) in [4.78, 5) is 2.79. The van der Waals surface area contributed by atoms with E-state index in [1.807, 2.05) is 11.3 Å². The van der Waals surface area contributed by atoms with Gasteiger partial charge in [0, 0.05) is 58.8 Å². The summed E-state index contributed by atoms with van der Waals surface area (Å²) in [5.74, 6) is 5.34. The van der Waals surface area contributed by atoms with Crippen molar-refractivity contribution in [3.05, 3.63) is 174 Å². The van der Waals surface area contributed by atoms with E-state index < -0.39 is 0 Å². The summed E-state index contributed by atoms with van der Waals surface area (Å²) in [6.45, 7) is 7.06. The van der Waals surface area contributed by atoms with E-state index in [0.29, 0.717) is 5.41 Å². The maximum Gasteiger partial charge on any atom is 0.333 e. The monoisotopic (exact) mass is 1020 g/mol. The highest BCUT2D eigenvalue weighted by molar-refractivity contribution is 7.26. The Morgan fingerprint density at radius 1 is 0.487 bits per heavy atom. The van der Waals surface area contributed by atoms with Crippen LogP contribution >= 0.6 is 11.3 Å². The molecule has 21 rings (SSSR count). The van der Waals surface area contributed by atoms with Gasteiger partial charge in [-0.1, -0.05) is 118 Å². The molecule has 8 saturated carbocycles. The second-order valence-electron chi connectivity index (χ2n) is 28.1. The Hall–Kier alpha value is -6.62. The van der Waals surface area contributed by atoms with Crippen molar-refractivity contribution in [1.29, 1.82) is 0 Å². The zero-order chi connectivity index (χ0) is 51.1. The zero-order valence-corrected chi connectivity index (χ0v) is 46.2. The van der Waals surface area contributed by atoms with Gasteiger partial charge in [-0.05, 0) is 250 Å². The van der Waals surface area contributed by atoms with Crippen molar-refractivity contribution in [2.45, 2.75) is 114 Å². The smallest absolute Gasteiger partial charge is 0.333 e. The van der Waals surface area contributed by atoms with E-state index in [1.165, 1.54) is 196 Å². The van der Waals surface area contributed by atoms with Crippen LogP contribution in [0.4, 0.5) is 17.1 Å². The predicted molar refractivity (Wildman–Crippen MR) is 332 cm³/mol. The van der Waals surface area contributed by atoms with Crippen LogP contribution in [0.15, 0.2) is 158 Å². The summed E-state index contributed by atoms with van der Waals surface area (Å²) in [7, 11) is 0. The predicted octanol–water partition coefficient (Wildman–Crippen LogP) is 18.8. The normalized spacial score (nSPS) is 27.1. The van der Waals surface area contributed by atoms with E-state index in [0.717, 1.165) is 35.5 Å². The lowest BCUT2D eigenvalue weighted by atomic mass is 9.44. The van der Waals surface area contributed by atoms with Gasteiger partial charge in [-0.15, -0.1) is 11.3 Å². The van der Waals surface area contributed by atoms with Gasteiger partial charge >= 0.3 is 6.85 Å². The molecule has 0 N–H and O–H groups in total. The molecule has 11 aromatic rings. The number of hydrogen-bond acceptors (Lipinski definition) is 2. The molecule has 0 unspecified atom stereocenters. The first-order valence-electron chi connectivity index (χ1n) is 30.2. The standard InChI is InChI=1S/C74H65BN2S/c1-72(2,3)52-17-20-62(56(32-52)48-11-5-4-6-12-48)76-64-30-51-15-9-10-16-55(51)67-60-35-54(74-39-45-26-46(40-74)28-47(27-45)41-74)34-58-57-33-53(73-36-42-23-43(37-73)25-44(24-42)38-73)18-21-63(57)77(70(58)60)75(69(64)67)61-19-22-65-68(71(61)76)59-29-49-13-7-8-14-50(49)31-66(59)78-65/h4-22,29-35,42-47H,23-28,36-41H2,1-3H3. The van der Waals surface area contributed by atoms with Crippen molar-refractivity contribution < 1.29 is 0 Å². The minimum atomic E-state index is -0.0389. The van der Waals surface area contributed by atoms with Gasteiger partial charge in [0.15, 0.2) is 0 Å². The van der Waals surface area contributed by atoms with Gasteiger partial charge in [0.05, 0.1) is 11.4 Å². The van der Waals surface area contributed by atoms with Crippen LogP contribution in [0.3, 0.4) is 0 Å². The Morgan fingerprint density at radius 3 is 1.81 bits per heavy atom. The first-order chi connectivity index (χ1) is 38.1. The lowest BCUT2D eigenvalue weighted by molar-refractivity contribution is -0.00527. The highest BCUT2D eigenvalue weighted by Crippen LogP contribution is 2.64. The lowest BCUT2D eigenvalue weighted by Gasteiger charge is -2.57. The molecular weight excluding hydrogens is 960 g/mol. The molecule has 8 aliphatic carbocycles. The van der Waals surface area contributed by atoms with E-state index in [1.54, 1.807) is 11.1 Å². The molecule has 0 saturated heterocycles. The highest BCUT2D eigenvalue weighted by atomic mass is 32.1. The van der Waals surface area contributed by atoms with Crippen LogP contribution in [0.25, 0.3) is 85.8 Å². The van der Waals surface area contributed by atoms with Crippen LogP contribution < -0.4 is 15.8 Å². The van der Waals surface area contributed by atoms with Gasteiger partial charge in [0.2, 0.25) is 0 Å². The molecule has 4 heteroatoms. The van der Waals surface area contributed by atoms with Crippen LogP contribution in [0, 0.1) is 35.5 Å². The maximum absolute atomic E-state index is 2.92. The number of hydrogen-bond donors (Lipinski definition) is 0. The number of thiophene rings is 1. The molecule has 8 bridgehead atoms. The fraction of sp³-hybridized carbons (Fsp3) is 0.324. The summed E-state index contributed by atoms with van der Waals surface area (Å²) in [5.41, 5.74) is 20.3. The van der Waals surface area contributed by atoms with Crippen LogP contribution in [-0.2, 0) is 16.2 Å². The molecule has 9 aromatic carbocycles. The SMILES string of the molecule is CC(C)(C)c1ccc(N2c3cc4ccccc4c4c3B(c3ccc5sc6cc7ccccc7cc6c5c32)n2c3ccc(C56CC7CC(CC(C7)C5)C6)cc3c3cc(C56CC7CC(CC(C7)C5)C6)cc-4c32)c(-c2ccccc2)c1. The minimum absolute atomic E-state index is 0.0263. The molecule has 0 amide bonds. The molecule has 2 nitrogen and oxygen atoms in total. The molecule has 0 atom stereocenters. The Balaban J connectivity index is 0.968. The molecule has 78 heavy (non-hydrogen) atoms. The quantitative estimate of drug-likeness (QED) is 0.160. The van der Waals surface area contributed by atoms with Crippen molar-refractivity contribution in [3.8, 4) is 22.3 Å². The molecule has 0 spiro atoms. The summed E-state index contributed by atoms with van der Waals surface area (Å²) in [5, 5.41) is 11.1. The number of rotatable bonds is 4. The van der Waals surface area contributed by atoms with Gasteiger partial charge in [0.25, 0.3) is 0 Å². The van der Waals surface area contributed by atoms with Gasteiger partial charge in [-0.25, -0.2) is 0 Å². The van der Waals surface area contributed by atoms with Gasteiger partial charge in [-0.3, -0.25) is 0 Å². The number of fused-ring (bicyclic) bond motifs is 14. The highest BCUT2D eigenvalue weighted by Gasteiger charge is 2.54. The Bertz CT molecular complexity index is 4400. The van der Waals surface area contributed by atoms with Gasteiger partial charge < -0.3 is 9.38 Å². The van der Waals surface area contributed by atoms with Crippen molar-refractivity contribution in [2.75, 3.05) is 4.90 Å². The summed E-state index contributed by atoms with van der Waals surface area (Å²) < 4.78 is 5.62. The first kappa shape index (κ1) is 44.3. The molecule has 380 valence electrons. The number of anilines is 3. The van der Waals surface area contributed by atoms with Crippen LogP contribution in [-0.4, -0.2) is 11.3 Å². The van der Waals surface area contributed by atoms with Crippen molar-refractivity contribution in [1.82, 2.24) is 4.48 Å². The molecule has 8 fully saturated rings. The maximum atomic E-state index is 2.92. The number of aromatic nitrogens is 1.